The summed E-state index contributed by atoms with van der Waals surface area (Å²) in [5, 5.41) is 11.6. The van der Waals surface area contributed by atoms with Crippen LogP contribution < -0.4 is 11.1 Å². The van der Waals surface area contributed by atoms with Crippen LogP contribution in [0.1, 0.15) is 21.5 Å². The lowest BCUT2D eigenvalue weighted by Gasteiger charge is -2.09. The first-order chi connectivity index (χ1) is 9.10. The zero-order valence-corrected chi connectivity index (χ0v) is 10.5. The molecular formula is C15H13N3O. The predicted octanol–water partition coefficient (Wildman–Crippen LogP) is 2.70. The summed E-state index contributed by atoms with van der Waals surface area (Å²) in [6, 6.07) is 14.0. The summed E-state index contributed by atoms with van der Waals surface area (Å²) in [5.74, 6) is -0.245. The number of carbonyl (C=O) groups is 1. The van der Waals surface area contributed by atoms with Gasteiger partial charge in [-0.2, -0.15) is 5.26 Å². The highest BCUT2D eigenvalue weighted by Crippen LogP contribution is 2.18. The summed E-state index contributed by atoms with van der Waals surface area (Å²) < 4.78 is 0. The van der Waals surface area contributed by atoms with Crippen LogP contribution in [0, 0.1) is 18.3 Å². The Morgan fingerprint density at radius 2 is 2.05 bits per heavy atom. The summed E-state index contributed by atoms with van der Waals surface area (Å²) in [6.07, 6.45) is 0. The van der Waals surface area contributed by atoms with Gasteiger partial charge in [-0.1, -0.05) is 12.1 Å². The van der Waals surface area contributed by atoms with Crippen molar-refractivity contribution in [1.29, 1.82) is 5.26 Å². The Morgan fingerprint density at radius 1 is 1.26 bits per heavy atom. The van der Waals surface area contributed by atoms with E-state index < -0.39 is 0 Å². The van der Waals surface area contributed by atoms with Crippen LogP contribution in [-0.2, 0) is 0 Å². The van der Waals surface area contributed by atoms with E-state index in [2.05, 4.69) is 5.32 Å². The highest BCUT2D eigenvalue weighted by atomic mass is 16.1. The molecule has 2 aromatic rings. The highest BCUT2D eigenvalue weighted by molar-refractivity contribution is 6.05. The number of nitrogen functional groups attached to an aromatic ring is 1. The molecule has 2 rings (SSSR count). The van der Waals surface area contributed by atoms with Gasteiger partial charge in [-0.05, 0) is 42.8 Å². The summed E-state index contributed by atoms with van der Waals surface area (Å²) in [4.78, 5) is 12.1. The lowest BCUT2D eigenvalue weighted by Crippen LogP contribution is -2.13. The van der Waals surface area contributed by atoms with Gasteiger partial charge in [-0.25, -0.2) is 0 Å². The van der Waals surface area contributed by atoms with Crippen molar-refractivity contribution in [1.82, 2.24) is 0 Å². The van der Waals surface area contributed by atoms with Crippen LogP contribution in [0.5, 0.6) is 0 Å². The van der Waals surface area contributed by atoms with Gasteiger partial charge in [-0.15, -0.1) is 0 Å². The van der Waals surface area contributed by atoms with Crippen LogP contribution in [0.2, 0.25) is 0 Å². The zero-order valence-electron chi connectivity index (χ0n) is 10.5. The fourth-order valence-electron chi connectivity index (χ4n) is 1.70. The minimum absolute atomic E-state index is 0.245. The van der Waals surface area contributed by atoms with Gasteiger partial charge in [0.15, 0.2) is 0 Å². The van der Waals surface area contributed by atoms with Crippen molar-refractivity contribution in [2.75, 3.05) is 11.1 Å². The summed E-state index contributed by atoms with van der Waals surface area (Å²) in [5.41, 5.74) is 8.71. The molecule has 19 heavy (non-hydrogen) atoms. The fourth-order valence-corrected chi connectivity index (χ4v) is 1.70. The molecule has 0 heterocycles. The number of benzene rings is 2. The van der Waals surface area contributed by atoms with E-state index in [1.807, 2.05) is 13.0 Å². The second-order valence-electron chi connectivity index (χ2n) is 4.22. The lowest BCUT2D eigenvalue weighted by atomic mass is 10.1. The quantitative estimate of drug-likeness (QED) is 0.805. The van der Waals surface area contributed by atoms with E-state index >= 15 is 0 Å². The molecule has 4 heteroatoms. The molecule has 0 saturated carbocycles. The number of carbonyl (C=O) groups excluding carboxylic acids is 1. The van der Waals surface area contributed by atoms with E-state index in [0.29, 0.717) is 22.5 Å². The standard InChI is InChI=1S/C15H13N3O/c1-10-5-6-11(9-16)7-14(10)18-15(19)12-3-2-4-13(17)8-12/h2-8H,17H2,1H3,(H,18,19). The van der Waals surface area contributed by atoms with Gasteiger partial charge >= 0.3 is 0 Å². The van der Waals surface area contributed by atoms with Crippen molar-refractivity contribution < 1.29 is 4.79 Å². The maximum Gasteiger partial charge on any atom is 0.255 e. The average molecular weight is 251 g/mol. The van der Waals surface area contributed by atoms with Gasteiger partial charge in [0.2, 0.25) is 0 Å². The maximum absolute atomic E-state index is 12.1. The third-order valence-corrected chi connectivity index (χ3v) is 2.76. The minimum atomic E-state index is -0.245. The number of nitrogens with two attached hydrogens (primary N) is 1. The van der Waals surface area contributed by atoms with Gasteiger partial charge in [0.25, 0.3) is 5.91 Å². The molecule has 0 fully saturated rings. The second kappa shape index (κ2) is 5.23. The topological polar surface area (TPSA) is 78.9 Å². The normalized spacial score (nSPS) is 9.68. The number of nitrogens with one attached hydrogen (secondary N) is 1. The Hall–Kier alpha value is -2.80. The monoisotopic (exact) mass is 251 g/mol. The number of anilines is 2. The number of hydrogen-bond acceptors (Lipinski definition) is 3. The Bertz CT molecular complexity index is 671. The van der Waals surface area contributed by atoms with E-state index in [1.165, 1.54) is 0 Å². The molecule has 0 spiro atoms. The number of rotatable bonds is 2. The molecule has 0 saturated heterocycles. The Balaban J connectivity index is 2.27. The van der Waals surface area contributed by atoms with E-state index in [-0.39, 0.29) is 5.91 Å². The molecule has 3 N–H and O–H groups in total. The number of aryl methyl sites for hydroxylation is 1. The van der Waals surface area contributed by atoms with Gasteiger partial charge in [0.05, 0.1) is 11.6 Å². The Kier molecular flexibility index (Phi) is 3.48. The SMILES string of the molecule is Cc1ccc(C#N)cc1NC(=O)c1cccc(N)c1. The first kappa shape index (κ1) is 12.7. The van der Waals surface area contributed by atoms with Crippen LogP contribution in [0.3, 0.4) is 0 Å². The first-order valence-electron chi connectivity index (χ1n) is 5.78. The first-order valence-corrected chi connectivity index (χ1v) is 5.78. The number of nitrogens with zero attached hydrogens (tertiary/aromatic N) is 1. The molecule has 0 aromatic heterocycles. The smallest absolute Gasteiger partial charge is 0.255 e. The van der Waals surface area contributed by atoms with Crippen molar-refractivity contribution in [3.63, 3.8) is 0 Å². The largest absolute Gasteiger partial charge is 0.399 e. The average Bonchev–Trinajstić information content (AvgIpc) is 2.41. The van der Waals surface area contributed by atoms with Crippen LogP contribution in [0.4, 0.5) is 11.4 Å². The molecule has 4 nitrogen and oxygen atoms in total. The molecule has 0 aliphatic heterocycles. The molecule has 0 atom stereocenters. The van der Waals surface area contributed by atoms with Crippen LogP contribution in [-0.4, -0.2) is 5.91 Å². The molecule has 0 aliphatic rings. The third kappa shape index (κ3) is 2.90. The van der Waals surface area contributed by atoms with E-state index in [0.717, 1.165) is 5.56 Å². The number of amides is 1. The molecule has 0 bridgehead atoms. The van der Waals surface area contributed by atoms with Crippen molar-refractivity contribution >= 4 is 17.3 Å². The summed E-state index contributed by atoms with van der Waals surface area (Å²) in [7, 11) is 0. The lowest BCUT2D eigenvalue weighted by molar-refractivity contribution is 0.102. The zero-order chi connectivity index (χ0) is 13.8. The maximum atomic E-state index is 12.1. The molecule has 0 radical (unpaired) electrons. The molecule has 1 amide bonds. The van der Waals surface area contributed by atoms with E-state index in [4.69, 9.17) is 11.0 Å². The van der Waals surface area contributed by atoms with Crippen molar-refractivity contribution in [2.24, 2.45) is 0 Å². The highest BCUT2D eigenvalue weighted by Gasteiger charge is 2.08. The number of nitriles is 1. The van der Waals surface area contributed by atoms with Crippen molar-refractivity contribution in [2.45, 2.75) is 6.92 Å². The van der Waals surface area contributed by atoms with Crippen LogP contribution >= 0.6 is 0 Å². The fraction of sp³-hybridized carbons (Fsp3) is 0.0667. The number of hydrogen-bond donors (Lipinski definition) is 2. The van der Waals surface area contributed by atoms with Crippen molar-refractivity contribution in [3.8, 4) is 6.07 Å². The van der Waals surface area contributed by atoms with E-state index in [9.17, 15) is 4.79 Å². The van der Waals surface area contributed by atoms with Gasteiger partial charge < -0.3 is 11.1 Å². The van der Waals surface area contributed by atoms with Crippen molar-refractivity contribution in [3.05, 3.63) is 59.2 Å². The third-order valence-electron chi connectivity index (χ3n) is 2.76. The Morgan fingerprint density at radius 3 is 2.74 bits per heavy atom. The predicted molar refractivity (Wildman–Crippen MR) is 74.7 cm³/mol. The van der Waals surface area contributed by atoms with Gasteiger partial charge in [0, 0.05) is 16.9 Å². The van der Waals surface area contributed by atoms with E-state index in [1.54, 1.807) is 42.5 Å². The van der Waals surface area contributed by atoms with Crippen LogP contribution in [0.25, 0.3) is 0 Å². The van der Waals surface area contributed by atoms with Crippen LogP contribution in [0.15, 0.2) is 42.5 Å². The Labute approximate surface area is 111 Å². The molecule has 94 valence electrons. The minimum Gasteiger partial charge on any atom is -0.399 e. The molecular weight excluding hydrogens is 238 g/mol. The summed E-state index contributed by atoms with van der Waals surface area (Å²) >= 11 is 0. The van der Waals surface area contributed by atoms with Gasteiger partial charge in [-0.3, -0.25) is 4.79 Å². The van der Waals surface area contributed by atoms with Gasteiger partial charge in [0.1, 0.15) is 0 Å². The molecule has 0 aliphatic carbocycles. The molecule has 0 unspecified atom stereocenters. The summed E-state index contributed by atoms with van der Waals surface area (Å²) in [6.45, 7) is 1.87. The molecule has 2 aromatic carbocycles. The second-order valence-corrected chi connectivity index (χ2v) is 4.22.